The molecule has 0 spiro atoms. The van der Waals surface area contributed by atoms with Crippen LogP contribution >= 0.6 is 15.9 Å². The van der Waals surface area contributed by atoms with E-state index in [1.807, 2.05) is 38.1 Å². The molecule has 0 aliphatic carbocycles. The highest BCUT2D eigenvalue weighted by Gasteiger charge is 2.16. The highest BCUT2D eigenvalue weighted by molar-refractivity contribution is 9.10. The fourth-order valence-electron chi connectivity index (χ4n) is 1.73. The summed E-state index contributed by atoms with van der Waals surface area (Å²) < 4.78 is 0.966. The van der Waals surface area contributed by atoms with E-state index in [9.17, 15) is 4.79 Å². The molecule has 1 amide bonds. The molecule has 19 heavy (non-hydrogen) atoms. The molecular weight excluding hydrogens is 306 g/mol. The Labute approximate surface area is 120 Å². The summed E-state index contributed by atoms with van der Waals surface area (Å²) in [4.78, 5) is 12.2. The molecule has 1 aromatic carbocycles. The fourth-order valence-corrected chi connectivity index (χ4v) is 2.13. The van der Waals surface area contributed by atoms with Crippen molar-refractivity contribution in [3.8, 4) is 11.3 Å². The summed E-state index contributed by atoms with van der Waals surface area (Å²) in [5.74, 6) is -0.0990. The van der Waals surface area contributed by atoms with Gasteiger partial charge in [-0.05, 0) is 25.5 Å². The zero-order valence-corrected chi connectivity index (χ0v) is 12.5. The third-order valence-electron chi connectivity index (χ3n) is 2.99. The van der Waals surface area contributed by atoms with Gasteiger partial charge in [-0.25, -0.2) is 0 Å². The Kier molecular flexibility index (Phi) is 4.37. The van der Waals surface area contributed by atoms with Gasteiger partial charge in [-0.3, -0.25) is 9.89 Å². The number of nitrogens with one attached hydrogen (secondary N) is 2. The van der Waals surface area contributed by atoms with Crippen LogP contribution in [0.25, 0.3) is 11.3 Å². The second kappa shape index (κ2) is 6.02. The van der Waals surface area contributed by atoms with Gasteiger partial charge in [0.15, 0.2) is 0 Å². The molecule has 5 heteroatoms. The molecule has 0 saturated heterocycles. The zero-order valence-electron chi connectivity index (χ0n) is 10.9. The van der Waals surface area contributed by atoms with E-state index in [1.165, 1.54) is 0 Å². The van der Waals surface area contributed by atoms with E-state index >= 15 is 0 Å². The van der Waals surface area contributed by atoms with Crippen LogP contribution in [-0.2, 0) is 0 Å². The summed E-state index contributed by atoms with van der Waals surface area (Å²) in [6.45, 7) is 4.02. The van der Waals surface area contributed by atoms with E-state index in [2.05, 4.69) is 31.4 Å². The van der Waals surface area contributed by atoms with E-state index in [1.54, 1.807) is 6.20 Å². The van der Waals surface area contributed by atoms with Crippen LogP contribution in [0, 0.1) is 0 Å². The van der Waals surface area contributed by atoms with E-state index < -0.39 is 0 Å². The van der Waals surface area contributed by atoms with E-state index in [-0.39, 0.29) is 11.9 Å². The minimum atomic E-state index is -0.0990. The standard InChI is InChI=1S/C14H16BrN3O/c1-3-9(2)17-14(19)12-8-16-18-13(12)10-5-4-6-11(15)7-10/h4-9H,3H2,1-2H3,(H,16,18)(H,17,19)/t9-/m0/s1. The van der Waals surface area contributed by atoms with Crippen molar-refractivity contribution in [3.05, 3.63) is 40.5 Å². The second-order valence-corrected chi connectivity index (χ2v) is 5.37. The summed E-state index contributed by atoms with van der Waals surface area (Å²) >= 11 is 3.43. The highest BCUT2D eigenvalue weighted by atomic mass is 79.9. The van der Waals surface area contributed by atoms with Crippen molar-refractivity contribution in [3.63, 3.8) is 0 Å². The van der Waals surface area contributed by atoms with Gasteiger partial charge in [0.2, 0.25) is 0 Å². The van der Waals surface area contributed by atoms with Gasteiger partial charge in [0.25, 0.3) is 5.91 Å². The first kappa shape index (κ1) is 13.8. The van der Waals surface area contributed by atoms with Crippen LogP contribution in [0.2, 0.25) is 0 Å². The van der Waals surface area contributed by atoms with Crippen LogP contribution in [0.3, 0.4) is 0 Å². The first-order chi connectivity index (χ1) is 9.11. The monoisotopic (exact) mass is 321 g/mol. The van der Waals surface area contributed by atoms with Crippen molar-refractivity contribution in [2.24, 2.45) is 0 Å². The van der Waals surface area contributed by atoms with Gasteiger partial charge in [-0.1, -0.05) is 35.0 Å². The molecule has 1 aromatic heterocycles. The zero-order chi connectivity index (χ0) is 13.8. The molecule has 1 atom stereocenters. The fraction of sp³-hybridized carbons (Fsp3) is 0.286. The van der Waals surface area contributed by atoms with Crippen LogP contribution < -0.4 is 5.32 Å². The normalized spacial score (nSPS) is 12.2. The Hall–Kier alpha value is -1.62. The molecule has 2 aromatic rings. The molecular formula is C14H16BrN3O. The number of benzene rings is 1. The van der Waals surface area contributed by atoms with Crippen LogP contribution in [0.15, 0.2) is 34.9 Å². The lowest BCUT2D eigenvalue weighted by Gasteiger charge is -2.11. The van der Waals surface area contributed by atoms with Crippen molar-refractivity contribution in [2.75, 3.05) is 0 Å². The SMILES string of the molecule is CC[C@H](C)NC(=O)c1cn[nH]c1-c1cccc(Br)c1. The van der Waals surface area contributed by atoms with Crippen molar-refractivity contribution in [1.82, 2.24) is 15.5 Å². The number of halogens is 1. The first-order valence-electron chi connectivity index (χ1n) is 6.22. The molecule has 0 saturated carbocycles. The summed E-state index contributed by atoms with van der Waals surface area (Å²) in [5, 5.41) is 9.82. The van der Waals surface area contributed by atoms with E-state index in [0.717, 1.165) is 22.2 Å². The molecule has 2 N–H and O–H groups in total. The molecule has 100 valence electrons. The Morgan fingerprint density at radius 3 is 3.00 bits per heavy atom. The maximum atomic E-state index is 12.2. The molecule has 0 aliphatic rings. The lowest BCUT2D eigenvalue weighted by molar-refractivity contribution is 0.0940. The molecule has 4 nitrogen and oxygen atoms in total. The molecule has 1 heterocycles. The predicted octanol–water partition coefficient (Wildman–Crippen LogP) is 3.37. The van der Waals surface area contributed by atoms with Gasteiger partial charge < -0.3 is 5.32 Å². The van der Waals surface area contributed by atoms with Gasteiger partial charge in [0.05, 0.1) is 17.5 Å². The number of H-pyrrole nitrogens is 1. The minimum Gasteiger partial charge on any atom is -0.349 e. The topological polar surface area (TPSA) is 57.8 Å². The number of carbonyl (C=O) groups excluding carboxylic acids is 1. The molecule has 0 bridgehead atoms. The highest BCUT2D eigenvalue weighted by Crippen LogP contribution is 2.24. The number of carbonyl (C=O) groups is 1. The Morgan fingerprint density at radius 2 is 2.32 bits per heavy atom. The average molecular weight is 322 g/mol. The second-order valence-electron chi connectivity index (χ2n) is 4.45. The van der Waals surface area contributed by atoms with Crippen molar-refractivity contribution < 1.29 is 4.79 Å². The summed E-state index contributed by atoms with van der Waals surface area (Å²) in [6.07, 6.45) is 2.46. The molecule has 2 rings (SSSR count). The summed E-state index contributed by atoms with van der Waals surface area (Å²) in [5.41, 5.74) is 2.24. The van der Waals surface area contributed by atoms with Crippen molar-refractivity contribution in [1.29, 1.82) is 0 Å². The van der Waals surface area contributed by atoms with Gasteiger partial charge in [0.1, 0.15) is 0 Å². The van der Waals surface area contributed by atoms with Crippen LogP contribution in [0.1, 0.15) is 30.6 Å². The molecule has 0 fully saturated rings. The summed E-state index contributed by atoms with van der Waals surface area (Å²) in [6, 6.07) is 7.92. The summed E-state index contributed by atoms with van der Waals surface area (Å²) in [7, 11) is 0. The largest absolute Gasteiger partial charge is 0.349 e. The van der Waals surface area contributed by atoms with Gasteiger partial charge >= 0.3 is 0 Å². The molecule has 0 aliphatic heterocycles. The lowest BCUT2D eigenvalue weighted by Crippen LogP contribution is -2.32. The van der Waals surface area contributed by atoms with Crippen LogP contribution in [-0.4, -0.2) is 22.1 Å². The van der Waals surface area contributed by atoms with Crippen LogP contribution in [0.5, 0.6) is 0 Å². The number of hydrogen-bond donors (Lipinski definition) is 2. The Morgan fingerprint density at radius 1 is 1.53 bits per heavy atom. The number of aromatic nitrogens is 2. The van der Waals surface area contributed by atoms with Crippen molar-refractivity contribution >= 4 is 21.8 Å². The van der Waals surface area contributed by atoms with Gasteiger partial charge in [-0.2, -0.15) is 5.10 Å². The number of aromatic amines is 1. The average Bonchev–Trinajstić information content (AvgIpc) is 2.87. The number of amides is 1. The van der Waals surface area contributed by atoms with Gasteiger partial charge in [-0.15, -0.1) is 0 Å². The maximum absolute atomic E-state index is 12.2. The molecule has 0 unspecified atom stereocenters. The maximum Gasteiger partial charge on any atom is 0.255 e. The van der Waals surface area contributed by atoms with E-state index in [0.29, 0.717) is 5.56 Å². The van der Waals surface area contributed by atoms with Crippen molar-refractivity contribution in [2.45, 2.75) is 26.3 Å². The van der Waals surface area contributed by atoms with Crippen LogP contribution in [0.4, 0.5) is 0 Å². The molecule has 0 radical (unpaired) electrons. The smallest absolute Gasteiger partial charge is 0.255 e. The quantitative estimate of drug-likeness (QED) is 0.907. The lowest BCUT2D eigenvalue weighted by atomic mass is 10.1. The Bertz CT molecular complexity index is 580. The number of rotatable bonds is 4. The predicted molar refractivity (Wildman–Crippen MR) is 78.9 cm³/mol. The third kappa shape index (κ3) is 3.23. The Balaban J connectivity index is 2.30. The van der Waals surface area contributed by atoms with Gasteiger partial charge in [0, 0.05) is 16.1 Å². The number of nitrogens with zero attached hydrogens (tertiary/aromatic N) is 1. The third-order valence-corrected chi connectivity index (χ3v) is 3.48. The first-order valence-corrected chi connectivity index (χ1v) is 7.01. The van der Waals surface area contributed by atoms with E-state index in [4.69, 9.17) is 0 Å². The number of hydrogen-bond acceptors (Lipinski definition) is 2. The minimum absolute atomic E-state index is 0.0990.